The second-order valence-electron chi connectivity index (χ2n) is 4.59. The van der Waals surface area contributed by atoms with Crippen molar-refractivity contribution in [2.75, 3.05) is 0 Å². The predicted octanol–water partition coefficient (Wildman–Crippen LogP) is 3.99. The molecule has 5 heteroatoms. The minimum Gasteiger partial charge on any atom is -0.258 e. The molecule has 0 aliphatic carbocycles. The van der Waals surface area contributed by atoms with Gasteiger partial charge < -0.3 is 0 Å². The molecule has 0 bridgehead atoms. The third kappa shape index (κ3) is 2.29. The molecule has 1 heterocycles. The number of nitro groups is 1. The zero-order valence-corrected chi connectivity index (χ0v) is 10.9. The summed E-state index contributed by atoms with van der Waals surface area (Å²) in [5.74, 6) is 0.286. The van der Waals surface area contributed by atoms with Gasteiger partial charge in [0, 0.05) is 5.39 Å². The summed E-state index contributed by atoms with van der Waals surface area (Å²) in [5, 5.41) is 12.0. The molecule has 18 heavy (non-hydrogen) atoms. The Morgan fingerprint density at radius 1 is 1.39 bits per heavy atom. The number of aromatic nitrogens is 1. The maximum Gasteiger partial charge on any atom is 0.309 e. The van der Waals surface area contributed by atoms with Crippen LogP contribution in [0.5, 0.6) is 0 Å². The second-order valence-corrected chi connectivity index (χ2v) is 4.97. The van der Waals surface area contributed by atoms with Crippen molar-refractivity contribution < 1.29 is 4.92 Å². The lowest BCUT2D eigenvalue weighted by Gasteiger charge is -2.08. The van der Waals surface area contributed by atoms with Crippen molar-refractivity contribution in [1.82, 2.24) is 4.98 Å². The number of para-hydroxylation sites is 1. The van der Waals surface area contributed by atoms with Crippen molar-refractivity contribution in [1.29, 1.82) is 0 Å². The lowest BCUT2D eigenvalue weighted by Crippen LogP contribution is -2.04. The van der Waals surface area contributed by atoms with Crippen LogP contribution in [0.15, 0.2) is 24.3 Å². The largest absolute Gasteiger partial charge is 0.309 e. The van der Waals surface area contributed by atoms with Crippen LogP contribution in [0.2, 0.25) is 5.02 Å². The Hall–Kier alpha value is -1.68. The molecule has 0 N–H and O–H groups in total. The molecule has 2 aromatic rings. The van der Waals surface area contributed by atoms with E-state index in [4.69, 9.17) is 11.6 Å². The van der Waals surface area contributed by atoms with Crippen LogP contribution >= 0.6 is 11.6 Å². The van der Waals surface area contributed by atoms with Crippen LogP contribution < -0.4 is 0 Å². The van der Waals surface area contributed by atoms with Gasteiger partial charge in [-0.05, 0) is 18.4 Å². The standard InChI is InChI=1S/C13H13ClN2O2/c1-8(2)7-11-13(16(17)18)12(14)9-5-3-4-6-10(9)15-11/h3-6,8H,7H2,1-2H3. The zero-order valence-electron chi connectivity index (χ0n) is 10.2. The first-order valence-electron chi connectivity index (χ1n) is 5.72. The van der Waals surface area contributed by atoms with E-state index in [0.717, 1.165) is 0 Å². The molecular weight excluding hydrogens is 252 g/mol. The molecule has 4 nitrogen and oxygen atoms in total. The third-order valence-electron chi connectivity index (χ3n) is 2.66. The summed E-state index contributed by atoms with van der Waals surface area (Å²) < 4.78 is 0. The monoisotopic (exact) mass is 264 g/mol. The van der Waals surface area contributed by atoms with Gasteiger partial charge in [0.1, 0.15) is 10.7 Å². The number of hydrogen-bond donors (Lipinski definition) is 0. The average molecular weight is 265 g/mol. The number of nitrogens with zero attached hydrogens (tertiary/aromatic N) is 2. The Kier molecular flexibility index (Phi) is 3.48. The van der Waals surface area contributed by atoms with Gasteiger partial charge in [-0.1, -0.05) is 43.6 Å². The highest BCUT2D eigenvalue weighted by molar-refractivity contribution is 6.37. The number of halogens is 1. The molecule has 94 valence electrons. The highest BCUT2D eigenvalue weighted by Gasteiger charge is 2.23. The number of hydrogen-bond acceptors (Lipinski definition) is 3. The quantitative estimate of drug-likeness (QED) is 0.622. The predicted molar refractivity (Wildman–Crippen MR) is 71.9 cm³/mol. The summed E-state index contributed by atoms with van der Waals surface area (Å²) in [7, 11) is 0. The number of fused-ring (bicyclic) bond motifs is 1. The van der Waals surface area contributed by atoms with Crippen molar-refractivity contribution in [3.63, 3.8) is 0 Å². The molecule has 0 spiro atoms. The van der Waals surface area contributed by atoms with Crippen molar-refractivity contribution in [3.8, 4) is 0 Å². The number of benzene rings is 1. The van der Waals surface area contributed by atoms with E-state index in [1.54, 1.807) is 12.1 Å². The van der Waals surface area contributed by atoms with E-state index in [9.17, 15) is 10.1 Å². The van der Waals surface area contributed by atoms with Crippen LogP contribution in [0, 0.1) is 16.0 Å². The Morgan fingerprint density at radius 2 is 2.06 bits per heavy atom. The minimum absolute atomic E-state index is 0.0657. The lowest BCUT2D eigenvalue weighted by molar-refractivity contribution is -0.385. The van der Waals surface area contributed by atoms with E-state index in [1.807, 2.05) is 26.0 Å². The molecule has 0 saturated carbocycles. The molecular formula is C13H13ClN2O2. The molecule has 1 aromatic carbocycles. The Morgan fingerprint density at radius 3 is 2.67 bits per heavy atom. The van der Waals surface area contributed by atoms with Gasteiger partial charge in [-0.2, -0.15) is 0 Å². The Labute approximate surface area is 110 Å². The van der Waals surface area contributed by atoms with Gasteiger partial charge >= 0.3 is 5.69 Å². The van der Waals surface area contributed by atoms with Crippen LogP contribution in [-0.2, 0) is 6.42 Å². The van der Waals surface area contributed by atoms with Crippen molar-refractivity contribution >= 4 is 28.2 Å². The fourth-order valence-electron chi connectivity index (χ4n) is 1.92. The molecule has 0 amide bonds. The molecule has 1 aromatic heterocycles. The summed E-state index contributed by atoms with van der Waals surface area (Å²) >= 11 is 6.14. The first-order valence-corrected chi connectivity index (χ1v) is 6.10. The Bertz CT molecular complexity index is 611. The topological polar surface area (TPSA) is 56.0 Å². The second kappa shape index (κ2) is 4.90. The first-order chi connectivity index (χ1) is 8.50. The molecule has 0 aliphatic heterocycles. The van der Waals surface area contributed by atoms with Gasteiger partial charge in [0.25, 0.3) is 0 Å². The highest BCUT2D eigenvalue weighted by atomic mass is 35.5. The van der Waals surface area contributed by atoms with Gasteiger partial charge in [0.05, 0.1) is 10.4 Å². The van der Waals surface area contributed by atoms with Crippen molar-refractivity contribution in [3.05, 3.63) is 45.1 Å². The lowest BCUT2D eigenvalue weighted by atomic mass is 10.0. The van der Waals surface area contributed by atoms with Gasteiger partial charge in [0.2, 0.25) is 0 Å². The molecule has 0 atom stereocenters. The Balaban J connectivity index is 2.74. The van der Waals surface area contributed by atoms with E-state index < -0.39 is 4.92 Å². The summed E-state index contributed by atoms with van der Waals surface area (Å²) in [6, 6.07) is 7.20. The van der Waals surface area contributed by atoms with E-state index >= 15 is 0 Å². The number of rotatable bonds is 3. The molecule has 0 aliphatic rings. The smallest absolute Gasteiger partial charge is 0.258 e. The van der Waals surface area contributed by atoms with Gasteiger partial charge in [0.15, 0.2) is 0 Å². The summed E-state index contributed by atoms with van der Waals surface area (Å²) in [6.07, 6.45) is 0.543. The van der Waals surface area contributed by atoms with Crippen LogP contribution in [0.1, 0.15) is 19.5 Å². The molecule has 0 radical (unpaired) electrons. The van der Waals surface area contributed by atoms with Crippen molar-refractivity contribution in [2.45, 2.75) is 20.3 Å². The van der Waals surface area contributed by atoms with Crippen LogP contribution in [0.4, 0.5) is 5.69 Å². The average Bonchev–Trinajstić information content (AvgIpc) is 2.27. The van der Waals surface area contributed by atoms with Crippen molar-refractivity contribution in [2.24, 2.45) is 5.92 Å². The maximum atomic E-state index is 11.1. The SMILES string of the molecule is CC(C)Cc1nc2ccccc2c(Cl)c1[N+](=O)[O-]. The van der Waals surface area contributed by atoms with Crippen LogP contribution in [0.3, 0.4) is 0 Å². The fourth-order valence-corrected chi connectivity index (χ4v) is 2.26. The van der Waals surface area contributed by atoms with Crippen LogP contribution in [0.25, 0.3) is 10.9 Å². The van der Waals surface area contributed by atoms with Gasteiger partial charge in [-0.3, -0.25) is 10.1 Å². The van der Waals surface area contributed by atoms with E-state index in [-0.39, 0.29) is 16.6 Å². The first kappa shape index (κ1) is 12.8. The highest BCUT2D eigenvalue weighted by Crippen LogP contribution is 2.34. The maximum absolute atomic E-state index is 11.1. The van der Waals surface area contributed by atoms with E-state index in [0.29, 0.717) is 23.0 Å². The minimum atomic E-state index is -0.445. The fraction of sp³-hybridized carbons (Fsp3) is 0.308. The normalized spacial score (nSPS) is 11.1. The van der Waals surface area contributed by atoms with Crippen LogP contribution in [-0.4, -0.2) is 9.91 Å². The van der Waals surface area contributed by atoms with Gasteiger partial charge in [-0.25, -0.2) is 4.98 Å². The summed E-state index contributed by atoms with van der Waals surface area (Å²) in [4.78, 5) is 15.1. The molecule has 0 saturated heterocycles. The molecule has 2 rings (SSSR count). The van der Waals surface area contributed by atoms with E-state index in [1.165, 1.54) is 0 Å². The summed E-state index contributed by atoms with van der Waals surface area (Å²) in [5.41, 5.74) is 1.09. The molecule has 0 fully saturated rings. The number of pyridine rings is 1. The third-order valence-corrected chi connectivity index (χ3v) is 3.04. The summed E-state index contributed by atoms with van der Waals surface area (Å²) in [6.45, 7) is 3.99. The molecule has 0 unspecified atom stereocenters. The van der Waals surface area contributed by atoms with E-state index in [2.05, 4.69) is 4.98 Å². The zero-order chi connectivity index (χ0) is 13.3. The van der Waals surface area contributed by atoms with Gasteiger partial charge in [-0.15, -0.1) is 0 Å².